The van der Waals surface area contributed by atoms with Gasteiger partial charge in [-0.15, -0.1) is 0 Å². The van der Waals surface area contributed by atoms with E-state index >= 15 is 0 Å². The van der Waals surface area contributed by atoms with Crippen LogP contribution in [0.3, 0.4) is 0 Å². The second-order valence-corrected chi connectivity index (χ2v) is 10.0. The number of fused-ring (bicyclic) bond motifs is 2. The molecular weight excluding hydrogens is 488 g/mol. The van der Waals surface area contributed by atoms with E-state index < -0.39 is 6.04 Å². The van der Waals surface area contributed by atoms with Gasteiger partial charge in [0.2, 0.25) is 0 Å². The Morgan fingerprint density at radius 2 is 1.62 bits per heavy atom. The molecule has 1 heterocycles. The van der Waals surface area contributed by atoms with Gasteiger partial charge in [0, 0.05) is 6.54 Å². The van der Waals surface area contributed by atoms with Crippen LogP contribution in [0.4, 0.5) is 10.5 Å². The number of nitrogens with one attached hydrogen (secondary N) is 1. The number of benzene rings is 4. The lowest BCUT2D eigenvalue weighted by molar-refractivity contribution is 0.179. The summed E-state index contributed by atoms with van der Waals surface area (Å²) in [4.78, 5) is 34.4. The average Bonchev–Trinajstić information content (AvgIpc) is 2.95. The summed E-state index contributed by atoms with van der Waals surface area (Å²) in [6.07, 6.45) is 0. The lowest BCUT2D eigenvalue weighted by atomic mass is 10.1. The Kier molecular flexibility index (Phi) is 7.32. The number of rotatable bonds is 7. The van der Waals surface area contributed by atoms with Gasteiger partial charge >= 0.3 is 6.03 Å². The second kappa shape index (κ2) is 11.0. The molecule has 0 aliphatic carbocycles. The topological polar surface area (TPSA) is 76.5 Å². The number of hydrogen-bond donors (Lipinski definition) is 1. The molecule has 1 aromatic heterocycles. The van der Waals surface area contributed by atoms with Crippen LogP contribution in [0.1, 0.15) is 32.6 Å². The van der Waals surface area contributed by atoms with E-state index in [1.54, 1.807) is 34.8 Å². The first-order chi connectivity index (χ1) is 18.9. The molecule has 39 heavy (non-hydrogen) atoms. The molecule has 0 radical (unpaired) electrons. The summed E-state index contributed by atoms with van der Waals surface area (Å²) in [6, 6.07) is 27.7. The van der Waals surface area contributed by atoms with Crippen LogP contribution >= 0.6 is 0 Å². The largest absolute Gasteiger partial charge is 0.495 e. The molecule has 0 saturated carbocycles. The van der Waals surface area contributed by atoms with Crippen LogP contribution in [0.25, 0.3) is 27.4 Å². The molecule has 7 nitrogen and oxygen atoms in total. The van der Waals surface area contributed by atoms with Crippen molar-refractivity contribution < 1.29 is 9.53 Å². The highest BCUT2D eigenvalue weighted by Gasteiger charge is 2.28. The van der Waals surface area contributed by atoms with Crippen LogP contribution < -0.4 is 15.6 Å². The van der Waals surface area contributed by atoms with Crippen LogP contribution in [0.15, 0.2) is 95.8 Å². The SMILES string of the molecule is COc1ccccc1NC(=O)N(CC(C)C)C(C)c1nc2ccccc2c(=O)n1-c1ccc2ccccc2c1. The maximum atomic E-state index is 14.0. The predicted octanol–water partition coefficient (Wildman–Crippen LogP) is 6.80. The molecule has 0 spiro atoms. The zero-order valence-corrected chi connectivity index (χ0v) is 22.6. The predicted molar refractivity (Wildman–Crippen MR) is 157 cm³/mol. The number of urea groups is 1. The summed E-state index contributed by atoms with van der Waals surface area (Å²) in [7, 11) is 1.57. The highest BCUT2D eigenvalue weighted by molar-refractivity contribution is 5.91. The van der Waals surface area contributed by atoms with Gasteiger partial charge < -0.3 is 15.0 Å². The number of ether oxygens (including phenoxy) is 1. The summed E-state index contributed by atoms with van der Waals surface area (Å²) in [5.41, 5.74) is 1.70. The number of carbonyl (C=O) groups excluding carboxylic acids is 1. The van der Waals surface area contributed by atoms with E-state index in [0.29, 0.717) is 40.4 Å². The van der Waals surface area contributed by atoms with Gasteiger partial charge in [0.1, 0.15) is 11.6 Å². The standard InChI is InChI=1S/C32H32N4O3/c1-21(2)20-35(32(38)34-28-15-9-10-16-29(28)39-4)22(3)30-33-27-14-8-7-13-26(27)31(37)36(30)25-18-17-23-11-5-6-12-24(23)19-25/h5-19,21-22H,20H2,1-4H3,(H,34,38). The van der Waals surface area contributed by atoms with Crippen molar-refractivity contribution in [3.8, 4) is 11.4 Å². The molecule has 0 saturated heterocycles. The van der Waals surface area contributed by atoms with Gasteiger partial charge in [-0.05, 0) is 60.0 Å². The van der Waals surface area contributed by atoms with E-state index in [-0.39, 0.29) is 17.5 Å². The van der Waals surface area contributed by atoms with Crippen molar-refractivity contribution in [2.75, 3.05) is 19.0 Å². The van der Waals surface area contributed by atoms with E-state index in [0.717, 1.165) is 10.8 Å². The number of para-hydroxylation sites is 3. The minimum absolute atomic E-state index is 0.174. The molecule has 5 aromatic rings. The fourth-order valence-corrected chi connectivity index (χ4v) is 4.88. The van der Waals surface area contributed by atoms with Gasteiger partial charge in [0.05, 0.1) is 35.4 Å². The third-order valence-electron chi connectivity index (χ3n) is 6.81. The van der Waals surface area contributed by atoms with Gasteiger partial charge in [-0.25, -0.2) is 9.78 Å². The molecule has 1 unspecified atom stereocenters. The van der Waals surface area contributed by atoms with Crippen molar-refractivity contribution in [1.29, 1.82) is 0 Å². The van der Waals surface area contributed by atoms with E-state index in [1.165, 1.54) is 0 Å². The molecule has 0 fully saturated rings. The van der Waals surface area contributed by atoms with Gasteiger partial charge in [-0.1, -0.05) is 68.4 Å². The zero-order chi connectivity index (χ0) is 27.5. The number of amides is 2. The highest BCUT2D eigenvalue weighted by atomic mass is 16.5. The molecular formula is C32H32N4O3. The fourth-order valence-electron chi connectivity index (χ4n) is 4.88. The van der Waals surface area contributed by atoms with Crippen molar-refractivity contribution in [3.63, 3.8) is 0 Å². The third kappa shape index (κ3) is 5.21. The first-order valence-corrected chi connectivity index (χ1v) is 13.1. The Bertz CT molecular complexity index is 1710. The van der Waals surface area contributed by atoms with Crippen molar-refractivity contribution in [2.45, 2.75) is 26.8 Å². The molecule has 0 aliphatic heterocycles. The molecule has 0 bridgehead atoms. The van der Waals surface area contributed by atoms with Gasteiger partial charge in [0.25, 0.3) is 5.56 Å². The van der Waals surface area contributed by atoms with Crippen LogP contribution in [-0.4, -0.2) is 34.1 Å². The maximum absolute atomic E-state index is 14.0. The lowest BCUT2D eigenvalue weighted by Gasteiger charge is -2.32. The number of hydrogen-bond acceptors (Lipinski definition) is 4. The van der Waals surface area contributed by atoms with Crippen molar-refractivity contribution >= 4 is 33.4 Å². The van der Waals surface area contributed by atoms with Crippen LogP contribution in [0.2, 0.25) is 0 Å². The molecule has 1 N–H and O–H groups in total. The number of anilines is 1. The van der Waals surface area contributed by atoms with E-state index in [4.69, 9.17) is 9.72 Å². The maximum Gasteiger partial charge on any atom is 0.322 e. The molecule has 4 aromatic carbocycles. The molecule has 1 atom stereocenters. The molecule has 2 amide bonds. The molecule has 5 rings (SSSR count). The summed E-state index contributed by atoms with van der Waals surface area (Å²) in [5, 5.41) is 5.62. The van der Waals surface area contributed by atoms with Crippen molar-refractivity contribution in [1.82, 2.24) is 14.5 Å². The summed E-state index contributed by atoms with van der Waals surface area (Å²) in [6.45, 7) is 6.49. The van der Waals surface area contributed by atoms with E-state index in [1.807, 2.05) is 79.7 Å². The van der Waals surface area contributed by atoms with E-state index in [9.17, 15) is 9.59 Å². The average molecular weight is 521 g/mol. The first-order valence-electron chi connectivity index (χ1n) is 13.1. The highest BCUT2D eigenvalue weighted by Crippen LogP contribution is 2.28. The van der Waals surface area contributed by atoms with Gasteiger partial charge in [0.15, 0.2) is 0 Å². The number of carbonyl (C=O) groups is 1. The minimum Gasteiger partial charge on any atom is -0.495 e. The van der Waals surface area contributed by atoms with Crippen molar-refractivity contribution in [3.05, 3.63) is 107 Å². The lowest BCUT2D eigenvalue weighted by Crippen LogP contribution is -2.41. The second-order valence-electron chi connectivity index (χ2n) is 10.0. The Morgan fingerprint density at radius 3 is 2.38 bits per heavy atom. The van der Waals surface area contributed by atoms with Gasteiger partial charge in [-0.3, -0.25) is 9.36 Å². The summed E-state index contributed by atoms with van der Waals surface area (Å²) < 4.78 is 7.08. The van der Waals surface area contributed by atoms with E-state index in [2.05, 4.69) is 19.2 Å². The third-order valence-corrected chi connectivity index (χ3v) is 6.81. The van der Waals surface area contributed by atoms with Crippen LogP contribution in [0, 0.1) is 5.92 Å². The number of nitrogens with zero attached hydrogens (tertiary/aromatic N) is 3. The zero-order valence-electron chi connectivity index (χ0n) is 22.6. The Balaban J connectivity index is 1.65. The Morgan fingerprint density at radius 1 is 0.923 bits per heavy atom. The number of aromatic nitrogens is 2. The van der Waals surface area contributed by atoms with Crippen LogP contribution in [-0.2, 0) is 0 Å². The summed E-state index contributed by atoms with van der Waals surface area (Å²) >= 11 is 0. The molecule has 0 aliphatic rings. The first kappa shape index (κ1) is 26.0. The smallest absolute Gasteiger partial charge is 0.322 e. The quantitative estimate of drug-likeness (QED) is 0.256. The number of methoxy groups -OCH3 is 1. The minimum atomic E-state index is -0.522. The monoisotopic (exact) mass is 520 g/mol. The molecule has 7 heteroatoms. The molecule has 198 valence electrons. The van der Waals surface area contributed by atoms with Crippen molar-refractivity contribution in [2.24, 2.45) is 5.92 Å². The Labute approximate surface area is 227 Å². The summed E-state index contributed by atoms with van der Waals surface area (Å²) in [5.74, 6) is 1.24. The normalized spacial score (nSPS) is 12.0. The van der Waals surface area contributed by atoms with Crippen LogP contribution in [0.5, 0.6) is 5.75 Å². The van der Waals surface area contributed by atoms with Gasteiger partial charge in [-0.2, -0.15) is 0 Å². The fraction of sp³-hybridized carbons (Fsp3) is 0.219. The Hall–Kier alpha value is -4.65.